The molecule has 1 saturated carbocycles. The summed E-state index contributed by atoms with van der Waals surface area (Å²) in [4.78, 5) is 15.2. The second kappa shape index (κ2) is 7.69. The third-order valence-electron chi connectivity index (χ3n) is 6.07. The number of nitrogens with zero attached hydrogens (tertiary/aromatic N) is 1. The van der Waals surface area contributed by atoms with Crippen LogP contribution < -0.4 is 4.72 Å². The standard InChI is InChI=1S/C23H28N2OS/c1-23(12-13-23)22(26)25-14-11-20(24-27-2)21(25)16-17-7-6-10-19(15-17)18-8-4-3-5-9-18/h3-10,15,20-21,24H,11-14,16H2,1-2H3. The zero-order valence-electron chi connectivity index (χ0n) is 16.2. The Morgan fingerprint density at radius 3 is 2.59 bits per heavy atom. The average Bonchev–Trinajstić information content (AvgIpc) is 3.34. The maximum absolute atomic E-state index is 13.1. The molecule has 2 atom stereocenters. The van der Waals surface area contributed by atoms with Gasteiger partial charge in [0.15, 0.2) is 0 Å². The molecule has 1 heterocycles. The van der Waals surface area contributed by atoms with Crippen molar-refractivity contribution in [1.82, 2.24) is 9.62 Å². The molecule has 1 amide bonds. The zero-order chi connectivity index (χ0) is 18.9. The number of carbonyl (C=O) groups is 1. The number of likely N-dealkylation sites (tertiary alicyclic amines) is 1. The molecule has 4 rings (SSSR count). The monoisotopic (exact) mass is 380 g/mol. The van der Waals surface area contributed by atoms with Gasteiger partial charge < -0.3 is 4.90 Å². The summed E-state index contributed by atoms with van der Waals surface area (Å²) in [7, 11) is 0. The molecular weight excluding hydrogens is 352 g/mol. The Morgan fingerprint density at radius 2 is 1.89 bits per heavy atom. The largest absolute Gasteiger partial charge is 0.337 e. The van der Waals surface area contributed by atoms with Gasteiger partial charge in [0.05, 0.1) is 6.04 Å². The van der Waals surface area contributed by atoms with E-state index in [1.165, 1.54) is 16.7 Å². The average molecular weight is 381 g/mol. The second-order valence-corrected chi connectivity index (χ2v) is 8.76. The van der Waals surface area contributed by atoms with E-state index < -0.39 is 0 Å². The summed E-state index contributed by atoms with van der Waals surface area (Å²) in [5.74, 6) is 0.358. The number of hydrogen-bond acceptors (Lipinski definition) is 3. The van der Waals surface area contributed by atoms with E-state index >= 15 is 0 Å². The van der Waals surface area contributed by atoms with Crippen LogP contribution in [0.5, 0.6) is 0 Å². The number of hydrogen-bond donors (Lipinski definition) is 1. The van der Waals surface area contributed by atoms with E-state index in [9.17, 15) is 4.79 Å². The molecule has 2 unspecified atom stereocenters. The van der Waals surface area contributed by atoms with E-state index in [2.05, 4.69) is 71.3 Å². The number of carbonyl (C=O) groups excluding carboxylic acids is 1. The highest BCUT2D eigenvalue weighted by Crippen LogP contribution is 2.47. The minimum atomic E-state index is -0.0988. The van der Waals surface area contributed by atoms with Crippen molar-refractivity contribution in [2.24, 2.45) is 5.41 Å². The summed E-state index contributed by atoms with van der Waals surface area (Å²) in [6.07, 6.45) is 6.09. The van der Waals surface area contributed by atoms with Crippen LogP contribution in [0.3, 0.4) is 0 Å². The molecule has 0 spiro atoms. The van der Waals surface area contributed by atoms with Crippen molar-refractivity contribution in [2.75, 3.05) is 12.8 Å². The molecule has 0 aromatic heterocycles. The second-order valence-electron chi connectivity index (χ2n) is 8.11. The number of nitrogens with one attached hydrogen (secondary N) is 1. The maximum atomic E-state index is 13.1. The van der Waals surface area contributed by atoms with Crippen LogP contribution >= 0.6 is 11.9 Å². The number of benzene rings is 2. The van der Waals surface area contributed by atoms with E-state index in [0.29, 0.717) is 11.9 Å². The fraction of sp³-hybridized carbons (Fsp3) is 0.435. The minimum absolute atomic E-state index is 0.0988. The summed E-state index contributed by atoms with van der Waals surface area (Å²) >= 11 is 1.66. The summed E-state index contributed by atoms with van der Waals surface area (Å²) in [5, 5.41) is 0. The molecule has 1 N–H and O–H groups in total. The SMILES string of the molecule is CSNC1CCN(C(=O)C2(C)CC2)C1Cc1cccc(-c2ccccc2)c1. The fourth-order valence-corrected chi connectivity index (χ4v) is 4.72. The Bertz CT molecular complexity index is 803. The van der Waals surface area contributed by atoms with Gasteiger partial charge in [-0.1, -0.05) is 73.5 Å². The number of rotatable bonds is 6. The molecule has 2 aromatic rings. The Morgan fingerprint density at radius 1 is 1.15 bits per heavy atom. The highest BCUT2D eigenvalue weighted by molar-refractivity contribution is 7.96. The molecule has 2 aromatic carbocycles. The van der Waals surface area contributed by atoms with Gasteiger partial charge in [-0.2, -0.15) is 0 Å². The van der Waals surface area contributed by atoms with Crippen molar-refractivity contribution < 1.29 is 4.79 Å². The van der Waals surface area contributed by atoms with E-state index in [-0.39, 0.29) is 11.5 Å². The van der Waals surface area contributed by atoms with Crippen LogP contribution in [0, 0.1) is 5.41 Å². The molecule has 2 fully saturated rings. The van der Waals surface area contributed by atoms with Gasteiger partial charge in [-0.15, -0.1) is 0 Å². The van der Waals surface area contributed by atoms with Crippen molar-refractivity contribution in [3.8, 4) is 11.1 Å². The van der Waals surface area contributed by atoms with Crippen LogP contribution in [-0.4, -0.2) is 35.7 Å². The van der Waals surface area contributed by atoms with Gasteiger partial charge in [0.2, 0.25) is 5.91 Å². The lowest BCUT2D eigenvalue weighted by Crippen LogP contribution is -2.46. The Balaban J connectivity index is 1.57. The van der Waals surface area contributed by atoms with Crippen LogP contribution in [0.1, 0.15) is 31.7 Å². The van der Waals surface area contributed by atoms with Gasteiger partial charge in [-0.25, -0.2) is 0 Å². The van der Waals surface area contributed by atoms with E-state index in [4.69, 9.17) is 0 Å². The van der Waals surface area contributed by atoms with Crippen LogP contribution in [0.4, 0.5) is 0 Å². The Hall–Kier alpha value is -1.78. The van der Waals surface area contributed by atoms with Crippen molar-refractivity contribution in [2.45, 2.75) is 44.7 Å². The highest BCUT2D eigenvalue weighted by Gasteiger charge is 2.50. The number of amides is 1. The topological polar surface area (TPSA) is 32.3 Å². The summed E-state index contributed by atoms with van der Waals surface area (Å²) < 4.78 is 3.54. The first kappa shape index (κ1) is 18.6. The molecule has 3 nitrogen and oxygen atoms in total. The quantitative estimate of drug-likeness (QED) is 0.747. The Labute approximate surface area is 166 Å². The third-order valence-corrected chi connectivity index (χ3v) is 6.61. The van der Waals surface area contributed by atoms with E-state index in [1.807, 2.05) is 6.07 Å². The van der Waals surface area contributed by atoms with Gasteiger partial charge in [-0.05, 0) is 48.6 Å². The van der Waals surface area contributed by atoms with Gasteiger partial charge in [-0.3, -0.25) is 9.52 Å². The van der Waals surface area contributed by atoms with Gasteiger partial charge >= 0.3 is 0 Å². The molecule has 0 radical (unpaired) electrons. The van der Waals surface area contributed by atoms with Crippen molar-refractivity contribution >= 4 is 17.9 Å². The first-order valence-electron chi connectivity index (χ1n) is 9.85. The van der Waals surface area contributed by atoms with Gasteiger partial charge in [0, 0.05) is 18.0 Å². The first-order valence-corrected chi connectivity index (χ1v) is 11.1. The smallest absolute Gasteiger partial charge is 0.228 e. The van der Waals surface area contributed by atoms with Gasteiger partial charge in [0.1, 0.15) is 0 Å². The van der Waals surface area contributed by atoms with Crippen LogP contribution in [0.25, 0.3) is 11.1 Å². The van der Waals surface area contributed by atoms with E-state index in [0.717, 1.165) is 32.2 Å². The van der Waals surface area contributed by atoms with Gasteiger partial charge in [0.25, 0.3) is 0 Å². The third kappa shape index (κ3) is 3.92. The van der Waals surface area contributed by atoms with Crippen molar-refractivity contribution in [1.29, 1.82) is 0 Å². The molecule has 0 bridgehead atoms. The lowest BCUT2D eigenvalue weighted by atomic mass is 9.96. The summed E-state index contributed by atoms with van der Waals surface area (Å²) in [6.45, 7) is 2.99. The van der Waals surface area contributed by atoms with E-state index in [1.54, 1.807) is 11.9 Å². The zero-order valence-corrected chi connectivity index (χ0v) is 17.0. The highest BCUT2D eigenvalue weighted by atomic mass is 32.2. The molecule has 1 saturated heterocycles. The van der Waals surface area contributed by atoms with Crippen molar-refractivity contribution in [3.05, 3.63) is 60.2 Å². The molecule has 142 valence electrons. The molecule has 4 heteroatoms. The molecule has 27 heavy (non-hydrogen) atoms. The van der Waals surface area contributed by atoms with Crippen LogP contribution in [-0.2, 0) is 11.2 Å². The normalized spacial score (nSPS) is 23.4. The Kier molecular flexibility index (Phi) is 5.29. The summed E-state index contributed by atoms with van der Waals surface area (Å²) in [6, 6.07) is 19.9. The predicted octanol–water partition coefficient (Wildman–Crippen LogP) is 4.53. The maximum Gasteiger partial charge on any atom is 0.228 e. The summed E-state index contributed by atoms with van der Waals surface area (Å²) in [5.41, 5.74) is 3.68. The molecule has 1 aliphatic carbocycles. The lowest BCUT2D eigenvalue weighted by Gasteiger charge is -2.30. The molecule has 1 aliphatic heterocycles. The lowest BCUT2D eigenvalue weighted by molar-refractivity contribution is -0.137. The molecule has 2 aliphatic rings. The predicted molar refractivity (Wildman–Crippen MR) is 113 cm³/mol. The first-order chi connectivity index (χ1) is 13.1. The minimum Gasteiger partial charge on any atom is -0.337 e. The fourth-order valence-electron chi connectivity index (χ4n) is 4.15. The van der Waals surface area contributed by atoms with Crippen molar-refractivity contribution in [3.63, 3.8) is 0 Å². The van der Waals surface area contributed by atoms with Crippen LogP contribution in [0.2, 0.25) is 0 Å². The van der Waals surface area contributed by atoms with Crippen LogP contribution in [0.15, 0.2) is 54.6 Å². The molecular formula is C23H28N2OS.